The third-order valence-corrected chi connectivity index (χ3v) is 3.22. The molecule has 0 aromatic heterocycles. The quantitative estimate of drug-likeness (QED) is 0.292. The van der Waals surface area contributed by atoms with Crippen LogP contribution in [0.25, 0.3) is 0 Å². The van der Waals surface area contributed by atoms with Gasteiger partial charge in [-0.1, -0.05) is 63.7 Å². The fourth-order valence-electron chi connectivity index (χ4n) is 1.94. The van der Waals surface area contributed by atoms with Gasteiger partial charge in [0, 0.05) is 0 Å². The molecule has 0 aromatic carbocycles. The molecule has 0 aliphatic carbocycles. The minimum absolute atomic E-state index is 0.715. The summed E-state index contributed by atoms with van der Waals surface area (Å²) in [5.74, 6) is 0.715. The van der Waals surface area contributed by atoms with Crippen molar-refractivity contribution in [2.24, 2.45) is 5.92 Å². The molecule has 0 fully saturated rings. The van der Waals surface area contributed by atoms with E-state index in [-0.39, 0.29) is 0 Å². The molecule has 0 heteroatoms. The summed E-state index contributed by atoms with van der Waals surface area (Å²) in [6.07, 6.45) is 16.8. The highest BCUT2D eigenvalue weighted by Crippen LogP contribution is 2.13. The van der Waals surface area contributed by atoms with Crippen LogP contribution in [0.4, 0.5) is 0 Å². The predicted molar refractivity (Wildman–Crippen MR) is 80.3 cm³/mol. The molecule has 0 bridgehead atoms. The van der Waals surface area contributed by atoms with Gasteiger partial charge in [0.2, 0.25) is 0 Å². The molecule has 0 nitrogen and oxygen atoms in total. The Kier molecular flexibility index (Phi) is 11.6. The first-order valence-electron chi connectivity index (χ1n) is 7.47. The lowest BCUT2D eigenvalue weighted by molar-refractivity contribution is 0.607. The van der Waals surface area contributed by atoms with Crippen molar-refractivity contribution in [1.29, 1.82) is 0 Å². The second kappa shape index (κ2) is 12.0. The Bertz CT molecular complexity index is 200. The highest BCUT2D eigenvalue weighted by Gasteiger charge is 1.96. The Morgan fingerprint density at radius 3 is 2.41 bits per heavy atom. The van der Waals surface area contributed by atoms with Crippen LogP contribution in [0.2, 0.25) is 0 Å². The van der Waals surface area contributed by atoms with E-state index in [0.717, 1.165) is 0 Å². The van der Waals surface area contributed by atoms with E-state index < -0.39 is 0 Å². The number of hydrogen-bond acceptors (Lipinski definition) is 0. The molecular formula is C17H32. The van der Waals surface area contributed by atoms with Gasteiger partial charge in [-0.05, 0) is 38.5 Å². The predicted octanol–water partition coefficient (Wildman–Crippen LogP) is 6.29. The van der Waals surface area contributed by atoms with Crippen molar-refractivity contribution in [3.63, 3.8) is 0 Å². The van der Waals surface area contributed by atoms with Gasteiger partial charge in [-0.15, -0.1) is 6.58 Å². The maximum Gasteiger partial charge on any atom is -0.0259 e. The SMILES string of the molecule is C=C(C)CCC(C)/C=C\CCCCCCCC. The fourth-order valence-corrected chi connectivity index (χ4v) is 1.94. The molecule has 0 saturated heterocycles. The summed E-state index contributed by atoms with van der Waals surface area (Å²) in [7, 11) is 0. The Morgan fingerprint density at radius 2 is 1.76 bits per heavy atom. The zero-order chi connectivity index (χ0) is 12.9. The zero-order valence-corrected chi connectivity index (χ0v) is 12.3. The van der Waals surface area contributed by atoms with E-state index in [1.54, 1.807) is 0 Å². The molecule has 0 radical (unpaired) electrons. The lowest BCUT2D eigenvalue weighted by Crippen LogP contribution is -1.89. The average molecular weight is 236 g/mol. The maximum atomic E-state index is 3.95. The number of unbranched alkanes of at least 4 members (excludes halogenated alkanes) is 6. The summed E-state index contributed by atoms with van der Waals surface area (Å²) in [5, 5.41) is 0. The van der Waals surface area contributed by atoms with E-state index in [4.69, 9.17) is 0 Å². The van der Waals surface area contributed by atoms with Gasteiger partial charge < -0.3 is 0 Å². The first-order valence-corrected chi connectivity index (χ1v) is 7.47. The molecule has 0 saturated carbocycles. The zero-order valence-electron chi connectivity index (χ0n) is 12.3. The average Bonchev–Trinajstić information content (AvgIpc) is 2.30. The van der Waals surface area contributed by atoms with Gasteiger partial charge in [0.25, 0.3) is 0 Å². The Morgan fingerprint density at radius 1 is 1.12 bits per heavy atom. The smallest absolute Gasteiger partial charge is 0.0259 e. The van der Waals surface area contributed by atoms with Crippen molar-refractivity contribution in [3.05, 3.63) is 24.3 Å². The molecular weight excluding hydrogens is 204 g/mol. The van der Waals surface area contributed by atoms with Crippen LogP contribution in [0.3, 0.4) is 0 Å². The number of allylic oxidation sites excluding steroid dienone is 3. The highest BCUT2D eigenvalue weighted by atomic mass is 14.0. The molecule has 0 aromatic rings. The van der Waals surface area contributed by atoms with E-state index in [2.05, 4.69) is 39.5 Å². The first kappa shape index (κ1) is 16.5. The molecule has 0 spiro atoms. The van der Waals surface area contributed by atoms with Crippen molar-refractivity contribution >= 4 is 0 Å². The van der Waals surface area contributed by atoms with Crippen LogP contribution in [0.5, 0.6) is 0 Å². The number of rotatable bonds is 11. The molecule has 0 amide bonds. The second-order valence-corrected chi connectivity index (χ2v) is 5.46. The van der Waals surface area contributed by atoms with E-state index in [1.807, 2.05) is 0 Å². The molecule has 17 heavy (non-hydrogen) atoms. The van der Waals surface area contributed by atoms with Crippen molar-refractivity contribution in [2.75, 3.05) is 0 Å². The van der Waals surface area contributed by atoms with Crippen LogP contribution in [0, 0.1) is 5.92 Å². The molecule has 0 rings (SSSR count). The Balaban J connectivity index is 3.31. The summed E-state index contributed by atoms with van der Waals surface area (Å²) < 4.78 is 0. The van der Waals surface area contributed by atoms with Crippen LogP contribution < -0.4 is 0 Å². The Labute approximate surface area is 109 Å². The van der Waals surface area contributed by atoms with Crippen LogP contribution in [-0.2, 0) is 0 Å². The van der Waals surface area contributed by atoms with E-state index in [0.29, 0.717) is 5.92 Å². The molecule has 100 valence electrons. The van der Waals surface area contributed by atoms with Gasteiger partial charge >= 0.3 is 0 Å². The largest absolute Gasteiger partial charge is 0.100 e. The summed E-state index contributed by atoms with van der Waals surface area (Å²) >= 11 is 0. The lowest BCUT2D eigenvalue weighted by Gasteiger charge is -2.05. The molecule has 1 atom stereocenters. The van der Waals surface area contributed by atoms with Gasteiger partial charge in [0.1, 0.15) is 0 Å². The summed E-state index contributed by atoms with van der Waals surface area (Å²) in [6.45, 7) is 10.6. The monoisotopic (exact) mass is 236 g/mol. The van der Waals surface area contributed by atoms with Crippen LogP contribution in [0.15, 0.2) is 24.3 Å². The Hall–Kier alpha value is -0.520. The summed E-state index contributed by atoms with van der Waals surface area (Å²) in [6, 6.07) is 0. The van der Waals surface area contributed by atoms with Gasteiger partial charge in [-0.2, -0.15) is 0 Å². The standard InChI is InChI=1S/C17H32/c1-5-6-7-8-9-10-11-12-13-17(4)15-14-16(2)3/h12-13,17H,2,5-11,14-15H2,1,3-4H3/b13-12-. The molecule has 0 aliphatic heterocycles. The maximum absolute atomic E-state index is 3.95. The van der Waals surface area contributed by atoms with Crippen molar-refractivity contribution in [3.8, 4) is 0 Å². The summed E-state index contributed by atoms with van der Waals surface area (Å²) in [4.78, 5) is 0. The van der Waals surface area contributed by atoms with Gasteiger partial charge in [0.15, 0.2) is 0 Å². The third kappa shape index (κ3) is 13.4. The third-order valence-electron chi connectivity index (χ3n) is 3.22. The summed E-state index contributed by atoms with van der Waals surface area (Å²) in [5.41, 5.74) is 1.31. The van der Waals surface area contributed by atoms with E-state index in [9.17, 15) is 0 Å². The highest BCUT2D eigenvalue weighted by molar-refractivity contribution is 4.92. The van der Waals surface area contributed by atoms with Crippen LogP contribution in [-0.4, -0.2) is 0 Å². The number of hydrogen-bond donors (Lipinski definition) is 0. The van der Waals surface area contributed by atoms with E-state index in [1.165, 1.54) is 63.4 Å². The topological polar surface area (TPSA) is 0 Å². The van der Waals surface area contributed by atoms with Crippen molar-refractivity contribution in [1.82, 2.24) is 0 Å². The van der Waals surface area contributed by atoms with Crippen LogP contribution in [0.1, 0.15) is 78.6 Å². The second-order valence-electron chi connectivity index (χ2n) is 5.46. The van der Waals surface area contributed by atoms with E-state index >= 15 is 0 Å². The van der Waals surface area contributed by atoms with Gasteiger partial charge in [-0.25, -0.2) is 0 Å². The van der Waals surface area contributed by atoms with Gasteiger partial charge in [0.05, 0.1) is 0 Å². The van der Waals surface area contributed by atoms with Gasteiger partial charge in [-0.3, -0.25) is 0 Å². The first-order chi connectivity index (χ1) is 8.16. The van der Waals surface area contributed by atoms with Crippen molar-refractivity contribution in [2.45, 2.75) is 78.6 Å². The molecule has 1 unspecified atom stereocenters. The fraction of sp³-hybridized carbons (Fsp3) is 0.765. The lowest BCUT2D eigenvalue weighted by atomic mass is 10.0. The minimum Gasteiger partial charge on any atom is -0.100 e. The van der Waals surface area contributed by atoms with Crippen molar-refractivity contribution < 1.29 is 0 Å². The van der Waals surface area contributed by atoms with Crippen LogP contribution >= 0.6 is 0 Å². The normalized spacial score (nSPS) is 13.1. The molecule has 0 N–H and O–H groups in total. The minimum atomic E-state index is 0.715. The molecule has 0 heterocycles. The molecule has 0 aliphatic rings.